The number of halogens is 3. The predicted molar refractivity (Wildman–Crippen MR) is 56.2 cm³/mol. The van der Waals surface area contributed by atoms with Gasteiger partial charge in [0.2, 0.25) is 0 Å². The first-order chi connectivity index (χ1) is 5.52. The first-order valence-corrected chi connectivity index (χ1v) is 5.19. The summed E-state index contributed by atoms with van der Waals surface area (Å²) < 4.78 is 2.08. The molecular weight excluding hydrogens is 358 g/mol. The van der Waals surface area contributed by atoms with Gasteiger partial charge >= 0.3 is 0 Å². The Hall–Kier alpha value is 0.0600. The Morgan fingerprint density at radius 3 is 1.92 bits per heavy atom. The standard InChI is InChI=1S/C6H2Br3NO2/c7-4-1-3(10(11)12)2-5(8)6(4)9/h1-2H. The summed E-state index contributed by atoms with van der Waals surface area (Å²) in [5.41, 5.74) is 0.0527. The van der Waals surface area contributed by atoms with E-state index in [-0.39, 0.29) is 5.69 Å². The third-order valence-electron chi connectivity index (χ3n) is 1.18. The van der Waals surface area contributed by atoms with E-state index >= 15 is 0 Å². The molecule has 0 aliphatic carbocycles. The highest BCUT2D eigenvalue weighted by Gasteiger charge is 2.11. The highest BCUT2D eigenvalue weighted by molar-refractivity contribution is 9.14. The molecule has 0 spiro atoms. The van der Waals surface area contributed by atoms with Crippen LogP contribution in [0.4, 0.5) is 5.69 Å². The van der Waals surface area contributed by atoms with Crippen LogP contribution in [0, 0.1) is 10.1 Å². The zero-order valence-electron chi connectivity index (χ0n) is 5.55. The minimum absolute atomic E-state index is 0.0527. The van der Waals surface area contributed by atoms with Crippen LogP contribution in [-0.4, -0.2) is 4.92 Å². The Balaban J connectivity index is 3.31. The van der Waals surface area contributed by atoms with Crippen LogP contribution in [0.15, 0.2) is 25.6 Å². The smallest absolute Gasteiger partial charge is 0.258 e. The summed E-state index contributed by atoms with van der Waals surface area (Å²) in [5.74, 6) is 0. The average Bonchev–Trinajstić information content (AvgIpc) is 1.99. The molecule has 64 valence electrons. The van der Waals surface area contributed by atoms with Crippen molar-refractivity contribution in [1.29, 1.82) is 0 Å². The van der Waals surface area contributed by atoms with Crippen LogP contribution in [0.5, 0.6) is 0 Å². The summed E-state index contributed by atoms with van der Waals surface area (Å²) in [7, 11) is 0. The van der Waals surface area contributed by atoms with Crippen molar-refractivity contribution in [2.45, 2.75) is 0 Å². The molecule has 0 radical (unpaired) electrons. The Morgan fingerprint density at radius 1 is 1.17 bits per heavy atom. The van der Waals surface area contributed by atoms with Crippen molar-refractivity contribution < 1.29 is 4.92 Å². The molecule has 0 aliphatic heterocycles. The minimum atomic E-state index is -0.442. The van der Waals surface area contributed by atoms with E-state index in [4.69, 9.17) is 0 Å². The maximum atomic E-state index is 10.4. The second-order valence-corrected chi connectivity index (χ2v) is 4.48. The molecule has 0 N–H and O–H groups in total. The fraction of sp³-hybridized carbons (Fsp3) is 0. The van der Waals surface area contributed by atoms with Crippen molar-refractivity contribution in [3.63, 3.8) is 0 Å². The van der Waals surface area contributed by atoms with Crippen LogP contribution < -0.4 is 0 Å². The third kappa shape index (κ3) is 2.05. The van der Waals surface area contributed by atoms with Crippen LogP contribution in [0.2, 0.25) is 0 Å². The van der Waals surface area contributed by atoms with Gasteiger partial charge in [-0.3, -0.25) is 10.1 Å². The van der Waals surface area contributed by atoms with Crippen LogP contribution >= 0.6 is 47.8 Å². The molecule has 1 aromatic rings. The van der Waals surface area contributed by atoms with E-state index in [1.807, 2.05) is 0 Å². The second-order valence-electron chi connectivity index (χ2n) is 1.98. The van der Waals surface area contributed by atoms with E-state index in [9.17, 15) is 10.1 Å². The van der Waals surface area contributed by atoms with Crippen molar-refractivity contribution in [2.24, 2.45) is 0 Å². The first-order valence-electron chi connectivity index (χ1n) is 2.81. The summed E-state index contributed by atoms with van der Waals surface area (Å²) in [4.78, 5) is 9.92. The number of nitro groups is 1. The van der Waals surface area contributed by atoms with Crippen molar-refractivity contribution in [2.75, 3.05) is 0 Å². The molecule has 0 atom stereocenters. The van der Waals surface area contributed by atoms with Crippen molar-refractivity contribution in [1.82, 2.24) is 0 Å². The van der Waals surface area contributed by atoms with Crippen LogP contribution in [-0.2, 0) is 0 Å². The SMILES string of the molecule is O=[N+]([O-])c1cc(Br)c(Br)c(Br)c1. The van der Waals surface area contributed by atoms with E-state index in [1.54, 1.807) is 0 Å². The monoisotopic (exact) mass is 357 g/mol. The fourth-order valence-electron chi connectivity index (χ4n) is 0.648. The fourth-order valence-corrected chi connectivity index (χ4v) is 2.04. The van der Waals surface area contributed by atoms with Gasteiger partial charge in [0.1, 0.15) is 0 Å². The summed E-state index contributed by atoms with van der Waals surface area (Å²) in [6.07, 6.45) is 0. The molecule has 0 unspecified atom stereocenters. The lowest BCUT2D eigenvalue weighted by Gasteiger charge is -1.98. The van der Waals surface area contributed by atoms with Gasteiger partial charge in [-0.2, -0.15) is 0 Å². The highest BCUT2D eigenvalue weighted by Crippen LogP contribution is 2.34. The molecule has 0 heterocycles. The molecule has 0 saturated carbocycles. The molecule has 3 nitrogen and oxygen atoms in total. The van der Waals surface area contributed by atoms with Gasteiger partial charge in [0.15, 0.2) is 0 Å². The quantitative estimate of drug-likeness (QED) is 0.434. The topological polar surface area (TPSA) is 43.1 Å². The van der Waals surface area contributed by atoms with Crippen molar-refractivity contribution in [3.8, 4) is 0 Å². The van der Waals surface area contributed by atoms with Gasteiger partial charge < -0.3 is 0 Å². The maximum Gasteiger partial charge on any atom is 0.271 e. The second kappa shape index (κ2) is 3.85. The van der Waals surface area contributed by atoms with E-state index in [2.05, 4.69) is 47.8 Å². The Kier molecular flexibility index (Phi) is 3.25. The third-order valence-corrected chi connectivity index (χ3v) is 4.35. The van der Waals surface area contributed by atoms with E-state index in [1.165, 1.54) is 12.1 Å². The lowest BCUT2D eigenvalue weighted by molar-refractivity contribution is -0.385. The number of hydrogen-bond donors (Lipinski definition) is 0. The van der Waals surface area contributed by atoms with Crippen LogP contribution in [0.3, 0.4) is 0 Å². The zero-order valence-corrected chi connectivity index (χ0v) is 10.3. The Morgan fingerprint density at radius 2 is 1.58 bits per heavy atom. The van der Waals surface area contributed by atoms with Gasteiger partial charge in [0.25, 0.3) is 5.69 Å². The Labute approximate surface area is 93.7 Å². The number of hydrogen-bond acceptors (Lipinski definition) is 2. The lowest BCUT2D eigenvalue weighted by Crippen LogP contribution is -1.88. The summed E-state index contributed by atoms with van der Waals surface area (Å²) in [6.45, 7) is 0. The normalized spacial score (nSPS) is 9.92. The number of nitro benzene ring substituents is 1. The summed E-state index contributed by atoms with van der Waals surface area (Å²) in [6, 6.07) is 2.88. The van der Waals surface area contributed by atoms with Gasteiger partial charge in [-0.15, -0.1) is 0 Å². The average molecular weight is 360 g/mol. The van der Waals surface area contributed by atoms with Gasteiger partial charge in [-0.05, 0) is 47.8 Å². The molecule has 0 aromatic heterocycles. The molecule has 1 rings (SSSR count). The van der Waals surface area contributed by atoms with Crippen LogP contribution in [0.25, 0.3) is 0 Å². The highest BCUT2D eigenvalue weighted by atomic mass is 79.9. The van der Waals surface area contributed by atoms with E-state index in [0.29, 0.717) is 8.95 Å². The largest absolute Gasteiger partial charge is 0.271 e. The molecular formula is C6H2Br3NO2. The molecule has 6 heteroatoms. The Bertz CT molecular complexity index is 317. The van der Waals surface area contributed by atoms with Crippen molar-refractivity contribution >= 4 is 53.5 Å². The van der Waals surface area contributed by atoms with Gasteiger partial charge in [-0.1, -0.05) is 0 Å². The van der Waals surface area contributed by atoms with Gasteiger partial charge in [-0.25, -0.2) is 0 Å². The molecule has 0 bridgehead atoms. The van der Waals surface area contributed by atoms with Crippen molar-refractivity contribution in [3.05, 3.63) is 35.7 Å². The van der Waals surface area contributed by atoms with E-state index < -0.39 is 4.92 Å². The molecule has 0 amide bonds. The number of non-ortho nitro benzene ring substituents is 1. The summed E-state index contributed by atoms with van der Waals surface area (Å²) >= 11 is 9.61. The molecule has 12 heavy (non-hydrogen) atoms. The van der Waals surface area contributed by atoms with Crippen LogP contribution in [0.1, 0.15) is 0 Å². The maximum absolute atomic E-state index is 10.4. The van der Waals surface area contributed by atoms with E-state index in [0.717, 1.165) is 4.47 Å². The first kappa shape index (κ1) is 10.1. The predicted octanol–water partition coefficient (Wildman–Crippen LogP) is 3.88. The molecule has 0 aliphatic rings. The number of nitrogens with zero attached hydrogens (tertiary/aromatic N) is 1. The minimum Gasteiger partial charge on any atom is -0.258 e. The molecule has 1 aromatic carbocycles. The van der Waals surface area contributed by atoms with Gasteiger partial charge in [0.05, 0.1) is 4.92 Å². The molecule has 0 fully saturated rings. The zero-order chi connectivity index (χ0) is 9.30. The van der Waals surface area contributed by atoms with Gasteiger partial charge in [0, 0.05) is 25.6 Å². The summed E-state index contributed by atoms with van der Waals surface area (Å²) in [5, 5.41) is 10.4. The number of benzene rings is 1. The lowest BCUT2D eigenvalue weighted by atomic mass is 10.3. The molecule has 0 saturated heterocycles. The number of rotatable bonds is 1.